The minimum Gasteiger partial charge on any atom is -0.307 e. The highest BCUT2D eigenvalue weighted by Crippen LogP contribution is 2.19. The summed E-state index contributed by atoms with van der Waals surface area (Å²) in [5, 5.41) is 15.2. The highest BCUT2D eigenvalue weighted by Gasteiger charge is 2.21. The van der Waals surface area contributed by atoms with Crippen LogP contribution in [0.3, 0.4) is 0 Å². The van der Waals surface area contributed by atoms with E-state index in [1.807, 2.05) is 24.3 Å². The molecular weight excluding hydrogens is 282 g/mol. The van der Waals surface area contributed by atoms with Gasteiger partial charge < -0.3 is 5.32 Å². The molecule has 2 aromatic rings. The van der Waals surface area contributed by atoms with Crippen molar-refractivity contribution in [3.05, 3.63) is 34.6 Å². The molecule has 1 aliphatic carbocycles. The van der Waals surface area contributed by atoms with E-state index in [0.717, 1.165) is 16.0 Å². The molecule has 0 aliphatic heterocycles. The van der Waals surface area contributed by atoms with Gasteiger partial charge in [-0.25, -0.2) is 0 Å². The first-order valence-electron chi connectivity index (χ1n) is 5.59. The fourth-order valence-corrected chi connectivity index (χ4v) is 2.03. The maximum atomic E-state index is 4.05. The predicted octanol–water partition coefficient (Wildman–Crippen LogP) is 1.68. The van der Waals surface area contributed by atoms with Gasteiger partial charge in [0.1, 0.15) is 0 Å². The summed E-state index contributed by atoms with van der Waals surface area (Å²) in [5.41, 5.74) is 0.969. The smallest absolute Gasteiger partial charge is 0.170 e. The summed E-state index contributed by atoms with van der Waals surface area (Å²) in [5.74, 6) is 0.843. The quantitative estimate of drug-likeness (QED) is 0.932. The molecule has 1 N–H and O–H groups in total. The van der Waals surface area contributed by atoms with Crippen molar-refractivity contribution in [3.8, 4) is 5.69 Å². The zero-order valence-electron chi connectivity index (χ0n) is 9.17. The largest absolute Gasteiger partial charge is 0.307 e. The molecule has 1 aromatic carbocycles. The fourth-order valence-electron chi connectivity index (χ4n) is 1.65. The standard InChI is InChI=1S/C11H12BrN5/c12-8-2-1-3-10(6-8)17-11(14-15-16-17)7-13-9-4-5-9/h1-3,6,9,13H,4-5,7H2. The Morgan fingerprint density at radius 2 is 2.29 bits per heavy atom. The van der Waals surface area contributed by atoms with Crippen LogP contribution in [0, 0.1) is 0 Å². The van der Waals surface area contributed by atoms with Crippen LogP contribution in [0.2, 0.25) is 0 Å². The summed E-state index contributed by atoms with van der Waals surface area (Å²) in [6, 6.07) is 8.59. The van der Waals surface area contributed by atoms with E-state index in [-0.39, 0.29) is 0 Å². The molecule has 88 valence electrons. The Hall–Kier alpha value is -1.27. The van der Waals surface area contributed by atoms with Crippen LogP contribution in [-0.4, -0.2) is 26.2 Å². The second kappa shape index (κ2) is 4.54. The molecule has 17 heavy (non-hydrogen) atoms. The van der Waals surface area contributed by atoms with Gasteiger partial charge in [-0.3, -0.25) is 0 Å². The van der Waals surface area contributed by atoms with Gasteiger partial charge in [0.25, 0.3) is 0 Å². The summed E-state index contributed by atoms with van der Waals surface area (Å²) in [6.07, 6.45) is 2.52. The van der Waals surface area contributed by atoms with Gasteiger partial charge in [-0.2, -0.15) is 4.68 Å². The molecule has 0 unspecified atom stereocenters. The number of nitrogens with one attached hydrogen (secondary N) is 1. The van der Waals surface area contributed by atoms with E-state index in [1.165, 1.54) is 12.8 Å². The molecule has 0 amide bonds. The minimum absolute atomic E-state index is 0.655. The molecule has 3 rings (SSSR count). The van der Waals surface area contributed by atoms with Crippen molar-refractivity contribution in [1.29, 1.82) is 0 Å². The fraction of sp³-hybridized carbons (Fsp3) is 0.364. The first-order chi connectivity index (χ1) is 8.33. The summed E-state index contributed by atoms with van der Waals surface area (Å²) in [4.78, 5) is 0. The molecule has 0 bridgehead atoms. The molecule has 0 radical (unpaired) electrons. The Morgan fingerprint density at radius 3 is 3.06 bits per heavy atom. The number of benzene rings is 1. The van der Waals surface area contributed by atoms with E-state index >= 15 is 0 Å². The second-order valence-electron chi connectivity index (χ2n) is 4.14. The number of hydrogen-bond acceptors (Lipinski definition) is 4. The Morgan fingerprint density at radius 1 is 1.41 bits per heavy atom. The zero-order valence-corrected chi connectivity index (χ0v) is 10.8. The summed E-state index contributed by atoms with van der Waals surface area (Å²) in [7, 11) is 0. The number of nitrogens with zero attached hydrogens (tertiary/aromatic N) is 4. The highest BCUT2D eigenvalue weighted by molar-refractivity contribution is 9.10. The Bertz CT molecular complexity index is 520. The number of tetrazole rings is 1. The normalized spacial score (nSPS) is 15.1. The van der Waals surface area contributed by atoms with Crippen LogP contribution >= 0.6 is 15.9 Å². The van der Waals surface area contributed by atoms with Gasteiger partial charge >= 0.3 is 0 Å². The van der Waals surface area contributed by atoms with Gasteiger partial charge in [0, 0.05) is 10.5 Å². The molecular formula is C11H12BrN5. The van der Waals surface area contributed by atoms with Gasteiger partial charge in [0.2, 0.25) is 0 Å². The summed E-state index contributed by atoms with van der Waals surface area (Å²) >= 11 is 3.45. The lowest BCUT2D eigenvalue weighted by Gasteiger charge is -2.05. The predicted molar refractivity (Wildman–Crippen MR) is 66.7 cm³/mol. The first kappa shape index (κ1) is 10.9. The number of hydrogen-bond donors (Lipinski definition) is 1. The van der Waals surface area contributed by atoms with Crippen LogP contribution in [-0.2, 0) is 6.54 Å². The van der Waals surface area contributed by atoms with Gasteiger partial charge in [0.15, 0.2) is 5.82 Å². The zero-order chi connectivity index (χ0) is 11.7. The molecule has 0 spiro atoms. The SMILES string of the molecule is Brc1cccc(-n2nnnc2CNC2CC2)c1. The molecule has 5 nitrogen and oxygen atoms in total. The lowest BCUT2D eigenvalue weighted by atomic mass is 10.3. The molecule has 6 heteroatoms. The van der Waals surface area contributed by atoms with Gasteiger partial charge in [-0.15, -0.1) is 5.10 Å². The monoisotopic (exact) mass is 293 g/mol. The van der Waals surface area contributed by atoms with Crippen molar-refractivity contribution in [3.63, 3.8) is 0 Å². The van der Waals surface area contributed by atoms with Crippen molar-refractivity contribution in [2.75, 3.05) is 0 Å². The number of rotatable bonds is 4. The van der Waals surface area contributed by atoms with Crippen LogP contribution in [0.15, 0.2) is 28.7 Å². The van der Waals surface area contributed by atoms with Gasteiger partial charge in [-0.05, 0) is 41.5 Å². The Kier molecular flexibility index (Phi) is 2.90. The Balaban J connectivity index is 1.83. The van der Waals surface area contributed by atoms with E-state index in [9.17, 15) is 0 Å². The van der Waals surface area contributed by atoms with E-state index in [2.05, 4.69) is 36.8 Å². The topological polar surface area (TPSA) is 55.6 Å². The number of aromatic nitrogens is 4. The van der Waals surface area contributed by atoms with Crippen molar-refractivity contribution >= 4 is 15.9 Å². The second-order valence-corrected chi connectivity index (χ2v) is 5.06. The first-order valence-corrected chi connectivity index (χ1v) is 6.39. The molecule has 1 aromatic heterocycles. The van der Waals surface area contributed by atoms with Crippen molar-refractivity contribution in [1.82, 2.24) is 25.5 Å². The maximum Gasteiger partial charge on any atom is 0.170 e. The van der Waals surface area contributed by atoms with Gasteiger partial charge in [-0.1, -0.05) is 22.0 Å². The molecule has 0 atom stereocenters. The third-order valence-electron chi connectivity index (χ3n) is 2.71. The maximum absolute atomic E-state index is 4.05. The van der Waals surface area contributed by atoms with E-state index in [4.69, 9.17) is 0 Å². The lowest BCUT2D eigenvalue weighted by molar-refractivity contribution is 0.637. The summed E-state index contributed by atoms with van der Waals surface area (Å²) < 4.78 is 2.78. The van der Waals surface area contributed by atoms with E-state index in [0.29, 0.717) is 12.6 Å². The van der Waals surface area contributed by atoms with Crippen LogP contribution in [0.5, 0.6) is 0 Å². The van der Waals surface area contributed by atoms with E-state index in [1.54, 1.807) is 4.68 Å². The van der Waals surface area contributed by atoms with Gasteiger partial charge in [0.05, 0.1) is 12.2 Å². The minimum atomic E-state index is 0.655. The lowest BCUT2D eigenvalue weighted by Crippen LogP contribution is -2.18. The van der Waals surface area contributed by atoms with Crippen LogP contribution in [0.1, 0.15) is 18.7 Å². The van der Waals surface area contributed by atoms with Crippen molar-refractivity contribution < 1.29 is 0 Å². The number of halogens is 1. The third kappa shape index (κ3) is 2.53. The van der Waals surface area contributed by atoms with Crippen molar-refractivity contribution in [2.45, 2.75) is 25.4 Å². The Labute approximate surface area is 107 Å². The molecule has 1 saturated carbocycles. The van der Waals surface area contributed by atoms with E-state index < -0.39 is 0 Å². The van der Waals surface area contributed by atoms with Crippen molar-refractivity contribution in [2.24, 2.45) is 0 Å². The summed E-state index contributed by atoms with van der Waals surface area (Å²) in [6.45, 7) is 0.712. The highest BCUT2D eigenvalue weighted by atomic mass is 79.9. The van der Waals surface area contributed by atoms with Crippen LogP contribution in [0.25, 0.3) is 5.69 Å². The molecule has 1 fully saturated rings. The average Bonchev–Trinajstić information content (AvgIpc) is 3.04. The average molecular weight is 294 g/mol. The molecule has 0 saturated heterocycles. The molecule has 1 aliphatic rings. The van der Waals surface area contributed by atoms with Crippen LogP contribution < -0.4 is 5.32 Å². The molecule has 1 heterocycles. The van der Waals surface area contributed by atoms with Crippen LogP contribution in [0.4, 0.5) is 0 Å². The third-order valence-corrected chi connectivity index (χ3v) is 3.21.